The van der Waals surface area contributed by atoms with Gasteiger partial charge in [0.15, 0.2) is 0 Å². The van der Waals surface area contributed by atoms with Crippen molar-refractivity contribution in [1.29, 1.82) is 0 Å². The lowest BCUT2D eigenvalue weighted by Crippen LogP contribution is -2.51. The predicted octanol–water partition coefficient (Wildman–Crippen LogP) is 6.78. The largest absolute Gasteiger partial charge is 0.453 e. The fourth-order valence-corrected chi connectivity index (χ4v) is 8.99. The van der Waals surface area contributed by atoms with Gasteiger partial charge in [-0.2, -0.15) is 0 Å². The third-order valence-corrected chi connectivity index (χ3v) is 12.3. The number of H-pyrrole nitrogens is 2. The van der Waals surface area contributed by atoms with Crippen LogP contribution >= 0.6 is 0 Å². The summed E-state index contributed by atoms with van der Waals surface area (Å²) < 4.78 is 21.9. The summed E-state index contributed by atoms with van der Waals surface area (Å²) in [4.78, 5) is 72.7. The number of nitrogens with one attached hydrogen (secondary N) is 4. The average Bonchev–Trinajstić information content (AvgIpc) is 4.09. The molecular formula is C46H56N8O8. The van der Waals surface area contributed by atoms with Crippen molar-refractivity contribution in [2.75, 3.05) is 40.5 Å². The van der Waals surface area contributed by atoms with E-state index in [0.29, 0.717) is 51.6 Å². The molecule has 0 spiro atoms. The van der Waals surface area contributed by atoms with Crippen LogP contribution in [0.4, 0.5) is 9.59 Å². The number of carbonyl (C=O) groups excluding carboxylic acids is 4. The molecule has 16 nitrogen and oxygen atoms in total. The van der Waals surface area contributed by atoms with E-state index >= 15 is 0 Å². The Balaban J connectivity index is 1.04. The topological polar surface area (TPSA) is 193 Å². The lowest BCUT2D eigenvalue weighted by Gasteiger charge is -2.30. The van der Waals surface area contributed by atoms with Crippen LogP contribution in [0.15, 0.2) is 54.7 Å². The smallest absolute Gasteiger partial charge is 0.407 e. The normalized spacial score (nSPS) is 20.2. The zero-order valence-electron chi connectivity index (χ0n) is 36.2. The van der Waals surface area contributed by atoms with Crippen molar-refractivity contribution in [2.45, 2.75) is 90.3 Å². The number of aromatic nitrogens is 4. The molecule has 0 unspecified atom stereocenters. The second-order valence-electron chi connectivity index (χ2n) is 17.2. The fourth-order valence-electron chi connectivity index (χ4n) is 8.99. The minimum Gasteiger partial charge on any atom is -0.453 e. The fraction of sp³-hybridized carbons (Fsp3) is 0.478. The molecule has 0 saturated carbocycles. The summed E-state index contributed by atoms with van der Waals surface area (Å²) in [5.41, 5.74) is 7.06. The Morgan fingerprint density at radius 3 is 2.16 bits per heavy atom. The third kappa shape index (κ3) is 8.71. The molecular weight excluding hydrogens is 793 g/mol. The highest BCUT2D eigenvalue weighted by molar-refractivity contribution is 5.92. The number of hydrogen-bond acceptors (Lipinski definition) is 10. The van der Waals surface area contributed by atoms with Gasteiger partial charge in [-0.1, -0.05) is 52.0 Å². The number of aromatic amines is 2. The molecule has 2 saturated heterocycles. The molecule has 3 aliphatic heterocycles. The van der Waals surface area contributed by atoms with Crippen molar-refractivity contribution in [3.63, 3.8) is 0 Å². The molecule has 5 atom stereocenters. The molecule has 16 heteroatoms. The van der Waals surface area contributed by atoms with Crippen molar-refractivity contribution in [1.82, 2.24) is 40.4 Å². The standard InChI is InChI=1S/C46H56N8O8/c1-25(2)39(51-45(57)59-5)43(55)53-14-7-9-37(53)35-21-33-34(48-35)19-31(22-47-33)29-11-10-28-18-30(13-12-27(28)17-29)41-36-24-61-15-8-16-62-32-20-38(42(49-36)50-41)54(23-32)44(56)40(26(3)4)52-46(58)60-6/h10-13,17-19,21-22,25-26,32,37-40,48H,7-9,14-16,20,23-24H2,1-6H3,(H,49,50)(H,51,57)(H,52,58)/t32-,37-,38-,39+,40-/m0/s1. The van der Waals surface area contributed by atoms with Gasteiger partial charge in [0.1, 0.15) is 17.9 Å². The van der Waals surface area contributed by atoms with Crippen LogP contribution in [-0.2, 0) is 35.1 Å². The number of carbonyl (C=O) groups is 4. The molecule has 5 aromatic rings. The minimum atomic E-state index is -0.776. The molecule has 6 heterocycles. The molecule has 2 aromatic carbocycles. The number of alkyl carbamates (subject to hydrolysis) is 2. The zero-order valence-corrected chi connectivity index (χ0v) is 36.2. The highest BCUT2D eigenvalue weighted by Gasteiger charge is 2.43. The number of hydrogen-bond donors (Lipinski definition) is 4. The Morgan fingerprint density at radius 2 is 1.47 bits per heavy atom. The van der Waals surface area contributed by atoms with E-state index in [1.54, 1.807) is 4.90 Å². The number of likely N-dealkylation sites (tertiary alicyclic amines) is 2. The highest BCUT2D eigenvalue weighted by Crippen LogP contribution is 2.38. The summed E-state index contributed by atoms with van der Waals surface area (Å²) in [5, 5.41) is 7.53. The van der Waals surface area contributed by atoms with Gasteiger partial charge in [0.2, 0.25) is 11.8 Å². The van der Waals surface area contributed by atoms with E-state index in [0.717, 1.165) is 68.4 Å². The number of fused-ring (bicyclic) bond motifs is 7. The first-order valence-electron chi connectivity index (χ1n) is 21.5. The quantitative estimate of drug-likeness (QED) is 0.123. The summed E-state index contributed by atoms with van der Waals surface area (Å²) in [7, 11) is 2.58. The summed E-state index contributed by atoms with van der Waals surface area (Å²) in [6.07, 6.45) is 3.35. The number of benzene rings is 2. The Morgan fingerprint density at radius 1 is 0.790 bits per heavy atom. The van der Waals surface area contributed by atoms with Gasteiger partial charge in [0.05, 0.1) is 61.4 Å². The van der Waals surface area contributed by atoms with E-state index in [1.807, 2.05) is 44.9 Å². The minimum absolute atomic E-state index is 0.111. The Labute approximate surface area is 360 Å². The SMILES string of the molecule is COC(=O)N[C@H](C(=O)N1C[C@@H]2C[C@H]1c1nc(-c3ccc4cc(-c5cnc6cc([C@@H]7CCCN7C(=O)[C@H](NC(=O)OC)C(C)C)[nH]c6c5)ccc4c3)c([nH]1)COCCCO2)C(C)C. The second kappa shape index (κ2) is 18.2. The number of amides is 4. The number of imidazole rings is 1. The Hall–Kier alpha value is -6.00. The van der Waals surface area contributed by atoms with Crippen LogP contribution in [0.3, 0.4) is 0 Å². The predicted molar refractivity (Wildman–Crippen MR) is 232 cm³/mol. The van der Waals surface area contributed by atoms with Crippen LogP contribution in [0, 0.1) is 11.8 Å². The zero-order chi connectivity index (χ0) is 43.7. The van der Waals surface area contributed by atoms with Gasteiger partial charge in [0, 0.05) is 55.7 Å². The van der Waals surface area contributed by atoms with Gasteiger partial charge in [-0.15, -0.1) is 0 Å². The number of rotatable bonds is 9. The Bertz CT molecular complexity index is 2460. The van der Waals surface area contributed by atoms with Gasteiger partial charge < -0.3 is 49.3 Å². The number of nitrogens with zero attached hydrogens (tertiary/aromatic N) is 4. The third-order valence-electron chi connectivity index (χ3n) is 12.3. The lowest BCUT2D eigenvalue weighted by atomic mass is 9.99. The Kier molecular flexibility index (Phi) is 12.5. The first-order valence-corrected chi connectivity index (χ1v) is 21.5. The lowest BCUT2D eigenvalue weighted by molar-refractivity contribution is -0.136. The van der Waals surface area contributed by atoms with Gasteiger partial charge >= 0.3 is 12.2 Å². The van der Waals surface area contributed by atoms with E-state index in [9.17, 15) is 19.2 Å². The van der Waals surface area contributed by atoms with Crippen LogP contribution in [0.1, 0.15) is 82.7 Å². The first kappa shape index (κ1) is 42.7. The molecule has 328 valence electrons. The monoisotopic (exact) mass is 848 g/mol. The van der Waals surface area contributed by atoms with Crippen molar-refractivity contribution in [2.24, 2.45) is 11.8 Å². The van der Waals surface area contributed by atoms with Gasteiger partial charge in [-0.25, -0.2) is 14.6 Å². The highest BCUT2D eigenvalue weighted by atomic mass is 16.5. The number of pyridine rings is 1. The second-order valence-corrected chi connectivity index (χ2v) is 17.2. The van der Waals surface area contributed by atoms with Gasteiger partial charge in [0.25, 0.3) is 0 Å². The van der Waals surface area contributed by atoms with Crippen molar-refractivity contribution in [3.05, 3.63) is 71.9 Å². The number of ether oxygens (including phenoxy) is 4. The molecule has 8 rings (SSSR count). The average molecular weight is 849 g/mol. The van der Waals surface area contributed by atoms with E-state index in [-0.39, 0.29) is 35.8 Å². The molecule has 4 N–H and O–H groups in total. The molecule has 3 aromatic heterocycles. The van der Waals surface area contributed by atoms with Crippen molar-refractivity contribution >= 4 is 45.8 Å². The van der Waals surface area contributed by atoms with Crippen LogP contribution in [0.25, 0.3) is 44.2 Å². The molecule has 4 bridgehead atoms. The molecule has 62 heavy (non-hydrogen) atoms. The van der Waals surface area contributed by atoms with E-state index < -0.39 is 30.3 Å². The summed E-state index contributed by atoms with van der Waals surface area (Å²) in [6.45, 7) is 9.94. The van der Waals surface area contributed by atoms with Crippen LogP contribution in [0.5, 0.6) is 0 Å². The van der Waals surface area contributed by atoms with Crippen LogP contribution in [-0.4, -0.2) is 112 Å². The van der Waals surface area contributed by atoms with E-state index in [2.05, 4.69) is 63.1 Å². The molecule has 3 aliphatic rings. The maximum atomic E-state index is 14.1. The van der Waals surface area contributed by atoms with E-state index in [1.165, 1.54) is 14.2 Å². The van der Waals surface area contributed by atoms with Gasteiger partial charge in [-0.3, -0.25) is 14.6 Å². The maximum Gasteiger partial charge on any atom is 0.407 e. The van der Waals surface area contributed by atoms with Crippen molar-refractivity contribution in [3.8, 4) is 22.4 Å². The molecule has 0 aliphatic carbocycles. The summed E-state index contributed by atoms with van der Waals surface area (Å²) in [5.74, 6) is 0.0268. The first-order chi connectivity index (χ1) is 29.9. The molecule has 4 amide bonds. The van der Waals surface area contributed by atoms with Crippen molar-refractivity contribution < 1.29 is 38.1 Å². The van der Waals surface area contributed by atoms with Crippen LogP contribution in [0.2, 0.25) is 0 Å². The van der Waals surface area contributed by atoms with Gasteiger partial charge in [-0.05, 0) is 71.7 Å². The summed E-state index contributed by atoms with van der Waals surface area (Å²) >= 11 is 0. The summed E-state index contributed by atoms with van der Waals surface area (Å²) in [6, 6.07) is 14.7. The maximum absolute atomic E-state index is 14.1. The number of methoxy groups -OCH3 is 2. The molecule has 0 radical (unpaired) electrons. The van der Waals surface area contributed by atoms with Crippen LogP contribution < -0.4 is 10.6 Å². The molecule has 2 fully saturated rings. The van der Waals surface area contributed by atoms with E-state index in [4.69, 9.17) is 28.9 Å².